The third-order valence-electron chi connectivity index (χ3n) is 2.70. The lowest BCUT2D eigenvalue weighted by Gasteiger charge is -2.16. The first-order chi connectivity index (χ1) is 8.43. The van der Waals surface area contributed by atoms with Gasteiger partial charge in [-0.25, -0.2) is 0 Å². The second-order valence-corrected chi connectivity index (χ2v) is 5.59. The Balaban J connectivity index is 2.74. The minimum atomic E-state index is -0.0892. The molecule has 98 valence electrons. The molecular formula is C13H17BrN2OS. The second kappa shape index (κ2) is 6.85. The number of nitrogens with two attached hydrogens (primary N) is 1. The molecule has 0 aromatic heterocycles. The Morgan fingerprint density at radius 3 is 2.72 bits per heavy atom. The number of amides is 1. The number of thiocarbonyl (C=S) groups is 1. The summed E-state index contributed by atoms with van der Waals surface area (Å²) >= 11 is 8.28. The van der Waals surface area contributed by atoms with Crippen molar-refractivity contribution in [2.45, 2.75) is 32.7 Å². The van der Waals surface area contributed by atoms with Gasteiger partial charge in [-0.2, -0.15) is 0 Å². The van der Waals surface area contributed by atoms with E-state index in [0.29, 0.717) is 17.0 Å². The summed E-state index contributed by atoms with van der Waals surface area (Å²) in [5, 5.41) is 2.94. The second-order valence-electron chi connectivity index (χ2n) is 4.21. The minimum Gasteiger partial charge on any atom is -0.393 e. The number of carbonyl (C=O) groups is 1. The summed E-state index contributed by atoms with van der Waals surface area (Å²) in [5.41, 5.74) is 7.18. The molecule has 0 saturated heterocycles. The van der Waals surface area contributed by atoms with E-state index >= 15 is 0 Å². The summed E-state index contributed by atoms with van der Waals surface area (Å²) in [6.45, 7) is 3.95. The predicted molar refractivity (Wildman–Crippen MR) is 81.8 cm³/mol. The number of rotatable bonds is 5. The molecule has 0 radical (unpaired) electrons. The predicted octanol–water partition coefficient (Wildman–Crippen LogP) is 2.94. The first-order valence-electron chi connectivity index (χ1n) is 5.79. The molecule has 1 amide bonds. The molecule has 18 heavy (non-hydrogen) atoms. The van der Waals surface area contributed by atoms with Gasteiger partial charge in [-0.1, -0.05) is 35.1 Å². The summed E-state index contributed by atoms with van der Waals surface area (Å²) in [7, 11) is 0. The summed E-state index contributed by atoms with van der Waals surface area (Å²) < 4.78 is 0.995. The summed E-state index contributed by atoms with van der Waals surface area (Å²) in [5.74, 6) is -0.0892. The Kier molecular flexibility index (Phi) is 5.75. The highest BCUT2D eigenvalue weighted by atomic mass is 79.9. The van der Waals surface area contributed by atoms with E-state index in [4.69, 9.17) is 18.0 Å². The number of halogens is 1. The van der Waals surface area contributed by atoms with Crippen molar-refractivity contribution in [1.29, 1.82) is 0 Å². The van der Waals surface area contributed by atoms with E-state index in [1.165, 1.54) is 0 Å². The zero-order valence-electron chi connectivity index (χ0n) is 10.5. The van der Waals surface area contributed by atoms with Crippen molar-refractivity contribution in [2.75, 3.05) is 0 Å². The first kappa shape index (κ1) is 15.1. The van der Waals surface area contributed by atoms with Crippen LogP contribution >= 0.6 is 28.1 Å². The Labute approximate surface area is 121 Å². The van der Waals surface area contributed by atoms with Crippen LogP contribution in [0.5, 0.6) is 0 Å². The largest absolute Gasteiger partial charge is 0.393 e. The molecule has 0 aliphatic carbocycles. The van der Waals surface area contributed by atoms with Crippen molar-refractivity contribution < 1.29 is 4.79 Å². The molecule has 0 spiro atoms. The molecule has 0 aliphatic rings. The number of benzene rings is 1. The van der Waals surface area contributed by atoms with E-state index in [1.807, 2.05) is 26.0 Å². The van der Waals surface area contributed by atoms with Gasteiger partial charge in [-0.05, 0) is 37.1 Å². The maximum absolute atomic E-state index is 12.0. The van der Waals surface area contributed by atoms with E-state index < -0.39 is 0 Å². The molecule has 3 N–H and O–H groups in total. The molecule has 0 heterocycles. The maximum Gasteiger partial charge on any atom is 0.251 e. The summed E-state index contributed by atoms with van der Waals surface area (Å²) in [6, 6.07) is 5.52. The van der Waals surface area contributed by atoms with Gasteiger partial charge in [0.15, 0.2) is 0 Å². The summed E-state index contributed by atoms with van der Waals surface area (Å²) in [6.07, 6.45) is 1.34. The van der Waals surface area contributed by atoms with Crippen molar-refractivity contribution in [2.24, 2.45) is 5.73 Å². The van der Waals surface area contributed by atoms with Gasteiger partial charge in [0.05, 0.1) is 4.99 Å². The molecule has 3 nitrogen and oxygen atoms in total. The molecule has 0 aliphatic heterocycles. The van der Waals surface area contributed by atoms with Crippen molar-refractivity contribution in [1.82, 2.24) is 5.32 Å². The minimum absolute atomic E-state index is 0.000970. The molecule has 0 bridgehead atoms. The van der Waals surface area contributed by atoms with Crippen LogP contribution in [0, 0.1) is 6.92 Å². The smallest absolute Gasteiger partial charge is 0.251 e. The lowest BCUT2D eigenvalue weighted by atomic mass is 10.1. The number of hydrogen-bond acceptors (Lipinski definition) is 2. The lowest BCUT2D eigenvalue weighted by Crippen LogP contribution is -2.37. The molecule has 0 fully saturated rings. The topological polar surface area (TPSA) is 55.1 Å². The zero-order chi connectivity index (χ0) is 13.7. The van der Waals surface area contributed by atoms with E-state index in [2.05, 4.69) is 21.2 Å². The Morgan fingerprint density at radius 1 is 1.56 bits per heavy atom. The number of carbonyl (C=O) groups excluding carboxylic acids is 1. The molecule has 1 aromatic rings. The van der Waals surface area contributed by atoms with Crippen molar-refractivity contribution in [3.63, 3.8) is 0 Å². The van der Waals surface area contributed by atoms with Crippen LogP contribution in [0.2, 0.25) is 0 Å². The fourth-order valence-electron chi connectivity index (χ4n) is 1.59. The molecule has 0 saturated carbocycles. The van der Waals surface area contributed by atoms with Crippen LogP contribution in [0.1, 0.15) is 35.7 Å². The van der Waals surface area contributed by atoms with Crippen molar-refractivity contribution in [3.05, 3.63) is 33.8 Å². The average molecular weight is 329 g/mol. The van der Waals surface area contributed by atoms with Crippen LogP contribution in [0.4, 0.5) is 0 Å². The third-order valence-corrected chi connectivity index (χ3v) is 3.75. The van der Waals surface area contributed by atoms with Gasteiger partial charge < -0.3 is 11.1 Å². The Morgan fingerprint density at radius 2 is 2.22 bits per heavy atom. The molecule has 1 unspecified atom stereocenters. The monoisotopic (exact) mass is 328 g/mol. The van der Waals surface area contributed by atoms with Gasteiger partial charge in [-0.3, -0.25) is 4.79 Å². The Hall–Kier alpha value is -0.940. The van der Waals surface area contributed by atoms with Crippen LogP contribution in [0.3, 0.4) is 0 Å². The third kappa shape index (κ3) is 4.38. The van der Waals surface area contributed by atoms with Crippen molar-refractivity contribution >= 4 is 39.0 Å². The molecule has 5 heteroatoms. The maximum atomic E-state index is 12.0. The number of hydrogen-bond donors (Lipinski definition) is 2. The highest BCUT2D eigenvalue weighted by Gasteiger charge is 2.13. The quantitative estimate of drug-likeness (QED) is 0.817. The van der Waals surface area contributed by atoms with Gasteiger partial charge in [0, 0.05) is 22.5 Å². The van der Waals surface area contributed by atoms with Gasteiger partial charge in [0.25, 0.3) is 5.91 Å². The zero-order valence-corrected chi connectivity index (χ0v) is 12.9. The van der Waals surface area contributed by atoms with E-state index in [-0.39, 0.29) is 11.9 Å². The van der Waals surface area contributed by atoms with Gasteiger partial charge in [0.2, 0.25) is 0 Å². The van der Waals surface area contributed by atoms with E-state index in [0.717, 1.165) is 16.5 Å². The molecule has 1 aromatic carbocycles. The molecular weight excluding hydrogens is 312 g/mol. The normalized spacial score (nSPS) is 11.9. The van der Waals surface area contributed by atoms with Crippen LogP contribution < -0.4 is 11.1 Å². The van der Waals surface area contributed by atoms with Gasteiger partial charge >= 0.3 is 0 Å². The first-order valence-corrected chi connectivity index (χ1v) is 6.99. The SMILES string of the molecule is CCC(CC(N)=S)NC(=O)c1ccc(Br)c(C)c1. The van der Waals surface area contributed by atoms with Gasteiger partial charge in [-0.15, -0.1) is 0 Å². The number of aryl methyl sites for hydroxylation is 1. The highest BCUT2D eigenvalue weighted by molar-refractivity contribution is 9.10. The van der Waals surface area contributed by atoms with Gasteiger partial charge in [0.1, 0.15) is 0 Å². The number of nitrogens with one attached hydrogen (secondary N) is 1. The molecule has 1 atom stereocenters. The average Bonchev–Trinajstić information content (AvgIpc) is 2.31. The van der Waals surface area contributed by atoms with Crippen LogP contribution in [0.25, 0.3) is 0 Å². The van der Waals surface area contributed by atoms with Crippen LogP contribution in [-0.4, -0.2) is 16.9 Å². The molecule has 1 rings (SSSR count). The summed E-state index contributed by atoms with van der Waals surface area (Å²) in [4.78, 5) is 12.5. The van der Waals surface area contributed by atoms with E-state index in [1.54, 1.807) is 6.07 Å². The highest BCUT2D eigenvalue weighted by Crippen LogP contribution is 2.17. The standard InChI is InChI=1S/C13H17BrN2OS/c1-3-10(7-12(15)18)16-13(17)9-4-5-11(14)8(2)6-9/h4-6,10H,3,7H2,1-2H3,(H2,15,18)(H,16,17). The Bertz CT molecular complexity index is 462. The van der Waals surface area contributed by atoms with Crippen molar-refractivity contribution in [3.8, 4) is 0 Å². The fraction of sp³-hybridized carbons (Fsp3) is 0.385. The lowest BCUT2D eigenvalue weighted by molar-refractivity contribution is 0.0937. The van der Waals surface area contributed by atoms with Crippen LogP contribution in [-0.2, 0) is 0 Å². The fourth-order valence-corrected chi connectivity index (χ4v) is 2.04. The van der Waals surface area contributed by atoms with Crippen LogP contribution in [0.15, 0.2) is 22.7 Å². The van der Waals surface area contributed by atoms with E-state index in [9.17, 15) is 4.79 Å².